The molecule has 108 valence electrons. The minimum Gasteiger partial charge on any atom is -0.480 e. The molecule has 0 bridgehead atoms. The first-order valence-electron chi connectivity index (χ1n) is 6.79. The van der Waals surface area contributed by atoms with Gasteiger partial charge in [-0.25, -0.2) is 4.79 Å². The van der Waals surface area contributed by atoms with Gasteiger partial charge in [-0.3, -0.25) is 4.79 Å². The lowest BCUT2D eigenvalue weighted by atomic mass is 10.1. The van der Waals surface area contributed by atoms with Crippen LogP contribution in [0.1, 0.15) is 35.7 Å². The van der Waals surface area contributed by atoms with Crippen LogP contribution in [-0.2, 0) is 4.79 Å². The summed E-state index contributed by atoms with van der Waals surface area (Å²) in [4.78, 5) is 25.6. The molecule has 0 radical (unpaired) electrons. The number of nitrogens with zero attached hydrogens (tertiary/aromatic N) is 1. The highest BCUT2D eigenvalue weighted by atomic mass is 32.2. The van der Waals surface area contributed by atoms with E-state index in [-0.39, 0.29) is 11.3 Å². The Labute approximate surface area is 123 Å². The van der Waals surface area contributed by atoms with Gasteiger partial charge in [0, 0.05) is 11.3 Å². The van der Waals surface area contributed by atoms with Crippen molar-refractivity contribution in [2.24, 2.45) is 0 Å². The molecule has 2 unspecified atom stereocenters. The molecule has 0 aliphatic carbocycles. The summed E-state index contributed by atoms with van der Waals surface area (Å²) in [5.41, 5.74) is 1.48. The summed E-state index contributed by atoms with van der Waals surface area (Å²) in [6, 6.07) is 6.62. The summed E-state index contributed by atoms with van der Waals surface area (Å²) >= 11 is 1.56. The van der Waals surface area contributed by atoms with E-state index >= 15 is 0 Å². The van der Waals surface area contributed by atoms with Gasteiger partial charge in [-0.05, 0) is 25.0 Å². The molecule has 1 aromatic carbocycles. The fourth-order valence-corrected chi connectivity index (χ4v) is 3.96. The predicted octanol–water partition coefficient (Wildman–Crippen LogP) is 2.76. The smallest absolute Gasteiger partial charge is 0.327 e. The summed E-state index contributed by atoms with van der Waals surface area (Å²) in [6.45, 7) is 3.92. The predicted molar refractivity (Wildman–Crippen MR) is 79.9 cm³/mol. The molecule has 20 heavy (non-hydrogen) atoms. The number of rotatable bonds is 4. The van der Waals surface area contributed by atoms with Crippen LogP contribution in [0.2, 0.25) is 0 Å². The molecule has 1 amide bonds. The first-order chi connectivity index (χ1) is 9.56. The number of hydrogen-bond acceptors (Lipinski definition) is 3. The Hall–Kier alpha value is -1.49. The summed E-state index contributed by atoms with van der Waals surface area (Å²) in [5.74, 6) is -0.616. The molecule has 1 saturated heterocycles. The first-order valence-corrected chi connectivity index (χ1v) is 7.83. The number of thioether (sulfide) groups is 1. The molecule has 1 heterocycles. The third-order valence-corrected chi connectivity index (χ3v) is 4.88. The molecule has 4 nitrogen and oxygen atoms in total. The van der Waals surface area contributed by atoms with Crippen LogP contribution in [0.25, 0.3) is 0 Å². The van der Waals surface area contributed by atoms with Crippen LogP contribution >= 0.6 is 11.8 Å². The summed E-state index contributed by atoms with van der Waals surface area (Å²) < 4.78 is 0. The largest absolute Gasteiger partial charge is 0.480 e. The quantitative estimate of drug-likeness (QED) is 0.927. The van der Waals surface area contributed by atoms with E-state index in [0.717, 1.165) is 18.4 Å². The molecule has 1 aliphatic rings. The minimum atomic E-state index is -0.918. The van der Waals surface area contributed by atoms with Gasteiger partial charge in [0.25, 0.3) is 5.91 Å². The van der Waals surface area contributed by atoms with Crippen LogP contribution < -0.4 is 0 Å². The molecular weight excluding hydrogens is 274 g/mol. The number of carbonyl (C=O) groups is 2. The lowest BCUT2D eigenvalue weighted by Gasteiger charge is -2.27. The molecular formula is C15H19NO3S. The Kier molecular flexibility index (Phi) is 4.70. The topological polar surface area (TPSA) is 57.6 Å². The monoisotopic (exact) mass is 293 g/mol. The van der Waals surface area contributed by atoms with Gasteiger partial charge in [-0.15, -0.1) is 11.8 Å². The summed E-state index contributed by atoms with van der Waals surface area (Å²) in [5, 5.41) is 9.29. The van der Waals surface area contributed by atoms with Gasteiger partial charge in [0.05, 0.1) is 5.37 Å². The Balaban J connectivity index is 2.32. The SMILES string of the molecule is CCCC1SCC(C(=O)O)N1C(=O)c1ccccc1C. The highest BCUT2D eigenvalue weighted by Crippen LogP contribution is 2.33. The van der Waals surface area contributed by atoms with E-state index < -0.39 is 12.0 Å². The van der Waals surface area contributed by atoms with E-state index in [1.54, 1.807) is 22.7 Å². The zero-order valence-electron chi connectivity index (χ0n) is 11.7. The second kappa shape index (κ2) is 6.31. The van der Waals surface area contributed by atoms with Crippen LogP contribution in [0.4, 0.5) is 0 Å². The van der Waals surface area contributed by atoms with Gasteiger partial charge < -0.3 is 10.0 Å². The molecule has 5 heteroatoms. The molecule has 1 N–H and O–H groups in total. The first kappa shape index (κ1) is 14.9. The number of aryl methyl sites for hydroxylation is 1. The molecule has 0 saturated carbocycles. The Morgan fingerprint density at radius 2 is 2.10 bits per heavy atom. The fraction of sp³-hybridized carbons (Fsp3) is 0.467. The van der Waals surface area contributed by atoms with Crippen LogP contribution in [0, 0.1) is 6.92 Å². The molecule has 0 spiro atoms. The van der Waals surface area contributed by atoms with Gasteiger partial charge in [0.2, 0.25) is 0 Å². The molecule has 1 aromatic rings. The van der Waals surface area contributed by atoms with Crippen molar-refractivity contribution in [3.63, 3.8) is 0 Å². The van der Waals surface area contributed by atoms with Gasteiger partial charge in [0.1, 0.15) is 6.04 Å². The molecule has 1 fully saturated rings. The summed E-state index contributed by atoms with van der Waals surface area (Å²) in [6.07, 6.45) is 1.76. The molecule has 2 rings (SSSR count). The average Bonchev–Trinajstić information content (AvgIpc) is 2.83. The van der Waals surface area contributed by atoms with Crippen molar-refractivity contribution < 1.29 is 14.7 Å². The van der Waals surface area contributed by atoms with E-state index in [4.69, 9.17) is 0 Å². The lowest BCUT2D eigenvalue weighted by Crippen LogP contribution is -2.45. The zero-order valence-corrected chi connectivity index (χ0v) is 12.5. The second-order valence-electron chi connectivity index (χ2n) is 4.96. The van der Waals surface area contributed by atoms with Crippen LogP contribution in [0.3, 0.4) is 0 Å². The number of carbonyl (C=O) groups excluding carboxylic acids is 1. The van der Waals surface area contributed by atoms with Crippen molar-refractivity contribution in [3.05, 3.63) is 35.4 Å². The fourth-order valence-electron chi connectivity index (χ4n) is 2.45. The van der Waals surface area contributed by atoms with Crippen molar-refractivity contribution in [3.8, 4) is 0 Å². The molecule has 0 aromatic heterocycles. The maximum Gasteiger partial charge on any atom is 0.327 e. The Morgan fingerprint density at radius 3 is 2.70 bits per heavy atom. The standard InChI is InChI=1S/C15H19NO3S/c1-3-6-13-16(12(9-20-13)15(18)19)14(17)11-8-5-4-7-10(11)2/h4-5,7-8,12-13H,3,6,9H2,1-2H3,(H,18,19). The number of aliphatic carboxylic acids is 1. The number of benzene rings is 1. The second-order valence-corrected chi connectivity index (χ2v) is 6.17. The van der Waals surface area contributed by atoms with E-state index in [1.807, 2.05) is 32.0 Å². The number of carboxylic acids is 1. The van der Waals surface area contributed by atoms with E-state index in [0.29, 0.717) is 11.3 Å². The van der Waals surface area contributed by atoms with Gasteiger partial charge in [-0.2, -0.15) is 0 Å². The Morgan fingerprint density at radius 1 is 1.40 bits per heavy atom. The molecule has 1 aliphatic heterocycles. The van der Waals surface area contributed by atoms with Crippen LogP contribution in [0.5, 0.6) is 0 Å². The number of amides is 1. The van der Waals surface area contributed by atoms with Crippen LogP contribution in [0.15, 0.2) is 24.3 Å². The summed E-state index contributed by atoms with van der Waals surface area (Å²) in [7, 11) is 0. The molecule has 2 atom stereocenters. The van der Waals surface area contributed by atoms with Crippen molar-refractivity contribution in [1.82, 2.24) is 4.90 Å². The maximum absolute atomic E-state index is 12.7. The number of hydrogen-bond donors (Lipinski definition) is 1. The van der Waals surface area contributed by atoms with Gasteiger partial charge in [-0.1, -0.05) is 31.5 Å². The van der Waals surface area contributed by atoms with Crippen molar-refractivity contribution >= 4 is 23.6 Å². The van der Waals surface area contributed by atoms with Crippen LogP contribution in [-0.4, -0.2) is 39.1 Å². The maximum atomic E-state index is 12.7. The lowest BCUT2D eigenvalue weighted by molar-refractivity contribution is -0.141. The third-order valence-electron chi connectivity index (χ3n) is 3.52. The zero-order chi connectivity index (χ0) is 14.7. The highest BCUT2D eigenvalue weighted by molar-refractivity contribution is 8.00. The highest BCUT2D eigenvalue weighted by Gasteiger charge is 2.41. The van der Waals surface area contributed by atoms with Gasteiger partial charge in [0.15, 0.2) is 0 Å². The van der Waals surface area contributed by atoms with Crippen molar-refractivity contribution in [2.75, 3.05) is 5.75 Å². The van der Waals surface area contributed by atoms with E-state index in [9.17, 15) is 14.7 Å². The van der Waals surface area contributed by atoms with E-state index in [2.05, 4.69) is 0 Å². The third kappa shape index (κ3) is 2.82. The van der Waals surface area contributed by atoms with Crippen molar-refractivity contribution in [2.45, 2.75) is 38.1 Å². The number of carboxylic acid groups (broad SMARTS) is 1. The van der Waals surface area contributed by atoms with E-state index in [1.165, 1.54) is 0 Å². The van der Waals surface area contributed by atoms with Crippen molar-refractivity contribution in [1.29, 1.82) is 0 Å². The average molecular weight is 293 g/mol. The normalized spacial score (nSPS) is 22.0. The Bertz CT molecular complexity index is 518. The minimum absolute atomic E-state index is 0.0341. The van der Waals surface area contributed by atoms with Gasteiger partial charge >= 0.3 is 5.97 Å².